The van der Waals surface area contributed by atoms with Gasteiger partial charge in [0.05, 0.1) is 78.4 Å². The second-order valence-electron chi connectivity index (χ2n) is 20.7. The average Bonchev–Trinajstić information content (AvgIpc) is 3.93. The number of unbranched alkanes of at least 4 members (excludes halogenated alkanes) is 2. The van der Waals surface area contributed by atoms with Gasteiger partial charge in [0.1, 0.15) is 23.7 Å². The van der Waals surface area contributed by atoms with Gasteiger partial charge in [0.2, 0.25) is 5.13 Å². The summed E-state index contributed by atoms with van der Waals surface area (Å²) in [6, 6.07) is 12.5. The molecule has 3 aromatic rings. The molecule has 0 amide bonds. The van der Waals surface area contributed by atoms with Gasteiger partial charge in [-0.25, -0.2) is 19.6 Å². The average molecular weight is 1110 g/mol. The van der Waals surface area contributed by atoms with E-state index in [4.69, 9.17) is 37.9 Å². The van der Waals surface area contributed by atoms with Crippen LogP contribution in [0.5, 0.6) is 11.5 Å². The Morgan fingerprint density at radius 1 is 0.544 bits per heavy atom. The molecule has 19 nitrogen and oxygen atoms in total. The van der Waals surface area contributed by atoms with E-state index in [-0.39, 0.29) is 97.7 Å². The van der Waals surface area contributed by atoms with Crippen molar-refractivity contribution in [2.24, 2.45) is 40.6 Å². The Bertz CT molecular complexity index is 2600. The lowest BCUT2D eigenvalue weighted by Crippen LogP contribution is -2.33. The summed E-state index contributed by atoms with van der Waals surface area (Å²) < 4.78 is 45.5. The van der Waals surface area contributed by atoms with Crippen molar-refractivity contribution in [2.45, 2.75) is 141 Å². The lowest BCUT2D eigenvalue weighted by molar-refractivity contribution is -0.161. The van der Waals surface area contributed by atoms with Crippen molar-refractivity contribution in [1.29, 1.82) is 0 Å². The molecule has 0 aliphatic heterocycles. The summed E-state index contributed by atoms with van der Waals surface area (Å²) in [5.74, 6) is -4.56. The van der Waals surface area contributed by atoms with Crippen molar-refractivity contribution in [3.8, 4) is 11.5 Å². The molecule has 79 heavy (non-hydrogen) atoms. The van der Waals surface area contributed by atoms with Gasteiger partial charge < -0.3 is 37.9 Å². The van der Waals surface area contributed by atoms with E-state index in [9.17, 15) is 38.4 Å². The van der Waals surface area contributed by atoms with Crippen molar-refractivity contribution < 1.29 is 76.3 Å². The second-order valence-corrected chi connectivity index (χ2v) is 21.7. The number of nitrogens with zero attached hydrogens (tertiary/aromatic N) is 3. The molecule has 0 spiro atoms. The fourth-order valence-electron chi connectivity index (χ4n) is 10.3. The standard InChI is InChI=1S/C59H73N3O16S/c1-4-51(63)71-32-8-10-34-73-53(65)38-14-18-40(19-15-38)55(67)75-45-26-22-42(23-27-45)57(69)77-47-30-31-49(44(36-47)37-60-62(3)59-61-48-12-6-7-13-50(48)79-59)78-58(70)43-24-28-46(29-25-43)76-56(68)41-20-16-39(17-21-41)54(66)74-35-11-9-33-72-52(64)5-2/h4-7,12-13,30-31,36-43,45-46H,1-2,8-11,14-29,32-35H2,3H3/b60-37+. The van der Waals surface area contributed by atoms with Gasteiger partial charge in [-0.05, 0) is 159 Å². The number of ether oxygens (including phenoxy) is 8. The monoisotopic (exact) mass is 1110 g/mol. The van der Waals surface area contributed by atoms with Crippen molar-refractivity contribution in [3.63, 3.8) is 0 Å². The normalized spacial score (nSPS) is 23.1. The zero-order valence-corrected chi connectivity index (χ0v) is 45.9. The number of carbonyl (C=O) groups excluding carboxylic acids is 8. The highest BCUT2D eigenvalue weighted by Crippen LogP contribution is 2.37. The molecule has 2 aromatic carbocycles. The maximum atomic E-state index is 13.8. The number of fused-ring (bicyclic) bond motifs is 1. The van der Waals surface area contributed by atoms with E-state index in [1.807, 2.05) is 24.3 Å². The zero-order chi connectivity index (χ0) is 56.1. The lowest BCUT2D eigenvalue weighted by atomic mass is 9.82. The molecule has 0 N–H and O–H groups in total. The Morgan fingerprint density at radius 2 is 0.962 bits per heavy atom. The number of rotatable bonds is 25. The number of thiazole rings is 1. The van der Waals surface area contributed by atoms with E-state index >= 15 is 0 Å². The number of esters is 8. The van der Waals surface area contributed by atoms with Gasteiger partial charge in [-0.2, -0.15) is 5.10 Å². The minimum Gasteiger partial charge on any atom is -0.465 e. The van der Waals surface area contributed by atoms with Gasteiger partial charge in [0, 0.05) is 24.8 Å². The van der Waals surface area contributed by atoms with E-state index in [1.165, 1.54) is 17.6 Å². The molecule has 426 valence electrons. The maximum Gasteiger partial charge on any atom is 0.330 e. The summed E-state index contributed by atoms with van der Waals surface area (Å²) in [7, 11) is 1.76. The summed E-state index contributed by atoms with van der Waals surface area (Å²) in [6.07, 6.45) is 13.3. The van der Waals surface area contributed by atoms with Gasteiger partial charge >= 0.3 is 47.8 Å². The summed E-state index contributed by atoms with van der Waals surface area (Å²) in [6.45, 7) is 7.64. The van der Waals surface area contributed by atoms with Crippen LogP contribution >= 0.6 is 11.3 Å². The van der Waals surface area contributed by atoms with E-state index in [0.29, 0.717) is 139 Å². The smallest absolute Gasteiger partial charge is 0.330 e. The first-order valence-corrected chi connectivity index (χ1v) is 28.6. The molecule has 4 saturated carbocycles. The molecule has 0 atom stereocenters. The maximum absolute atomic E-state index is 13.8. The molecule has 0 saturated heterocycles. The minimum absolute atomic E-state index is 0.221. The SMILES string of the molecule is C=CC(=O)OCCCCOC(=O)C1CCC(C(=O)OC2CCC(C(=O)Oc3ccc(OC(=O)C4CCC(OC(=O)C5CCC(C(=O)OCCCCOC(=O)C=C)CC5)CC4)c(/C=N/N(C)c4nc5ccccc5s4)c3)CC2)CC1. The molecule has 20 heteroatoms. The molecule has 4 fully saturated rings. The molecule has 0 bridgehead atoms. The first-order valence-electron chi connectivity index (χ1n) is 27.8. The fraction of sp³-hybridized carbons (Fsp3) is 0.559. The lowest BCUT2D eigenvalue weighted by Gasteiger charge is -2.30. The van der Waals surface area contributed by atoms with E-state index in [0.717, 1.165) is 22.4 Å². The van der Waals surface area contributed by atoms with Crippen molar-refractivity contribution in [3.05, 3.63) is 73.3 Å². The molecule has 1 aromatic heterocycles. The van der Waals surface area contributed by atoms with Gasteiger partial charge in [-0.1, -0.05) is 36.6 Å². The molecule has 0 unspecified atom stereocenters. The number of aromatic nitrogens is 1. The van der Waals surface area contributed by atoms with E-state index in [2.05, 4.69) is 23.2 Å². The number of hydrogen-bond acceptors (Lipinski definition) is 20. The van der Waals surface area contributed by atoms with Crippen LogP contribution in [-0.4, -0.2) is 105 Å². The molecular formula is C59H73N3O16S. The highest BCUT2D eigenvalue weighted by Gasteiger charge is 2.37. The van der Waals surface area contributed by atoms with Crippen LogP contribution in [-0.2, 0) is 66.8 Å². The van der Waals surface area contributed by atoms with E-state index in [1.54, 1.807) is 30.3 Å². The first kappa shape index (κ1) is 59.7. The van der Waals surface area contributed by atoms with Crippen LogP contribution in [0.25, 0.3) is 10.2 Å². The van der Waals surface area contributed by atoms with Crippen molar-refractivity contribution in [2.75, 3.05) is 38.5 Å². The van der Waals surface area contributed by atoms with E-state index < -0.39 is 35.7 Å². The summed E-state index contributed by atoms with van der Waals surface area (Å²) in [5, 5.41) is 6.88. The summed E-state index contributed by atoms with van der Waals surface area (Å²) in [5.41, 5.74) is 1.22. The summed E-state index contributed by atoms with van der Waals surface area (Å²) >= 11 is 1.47. The van der Waals surface area contributed by atoms with Crippen molar-refractivity contribution in [1.82, 2.24) is 4.98 Å². The molecule has 0 radical (unpaired) electrons. The quantitative estimate of drug-likeness (QED) is 0.0146. The number of anilines is 1. The van der Waals surface area contributed by atoms with Gasteiger partial charge in [0.25, 0.3) is 0 Å². The first-order chi connectivity index (χ1) is 38.3. The highest BCUT2D eigenvalue weighted by atomic mass is 32.1. The summed E-state index contributed by atoms with van der Waals surface area (Å²) in [4.78, 5) is 106. The third-order valence-corrected chi connectivity index (χ3v) is 16.2. The fourth-order valence-corrected chi connectivity index (χ4v) is 11.2. The topological polar surface area (TPSA) is 239 Å². The number of hydrazone groups is 1. The highest BCUT2D eigenvalue weighted by molar-refractivity contribution is 7.22. The second kappa shape index (κ2) is 30.4. The third kappa shape index (κ3) is 18.3. The van der Waals surface area contributed by atoms with Crippen LogP contribution in [0, 0.1) is 35.5 Å². The van der Waals surface area contributed by atoms with Gasteiger partial charge in [-0.3, -0.25) is 28.8 Å². The Hall–Kier alpha value is -6.96. The van der Waals surface area contributed by atoms with Crippen LogP contribution < -0.4 is 14.5 Å². The predicted molar refractivity (Wildman–Crippen MR) is 291 cm³/mol. The zero-order valence-electron chi connectivity index (χ0n) is 45.1. The number of carbonyl (C=O) groups is 8. The molecule has 1 heterocycles. The van der Waals surface area contributed by atoms with Gasteiger partial charge in [0.15, 0.2) is 0 Å². The van der Waals surface area contributed by atoms with Gasteiger partial charge in [-0.15, -0.1) is 0 Å². The number of hydrogen-bond donors (Lipinski definition) is 0. The van der Waals surface area contributed by atoms with Crippen LogP contribution in [0.2, 0.25) is 0 Å². The van der Waals surface area contributed by atoms with Crippen LogP contribution in [0.15, 0.2) is 72.9 Å². The molecule has 4 aliphatic rings. The molecule has 4 aliphatic carbocycles. The predicted octanol–water partition coefficient (Wildman–Crippen LogP) is 9.50. The number of para-hydroxylation sites is 1. The van der Waals surface area contributed by atoms with Crippen LogP contribution in [0.4, 0.5) is 5.13 Å². The largest absolute Gasteiger partial charge is 0.465 e. The van der Waals surface area contributed by atoms with Crippen molar-refractivity contribution >= 4 is 80.7 Å². The van der Waals surface area contributed by atoms with Crippen LogP contribution in [0.3, 0.4) is 0 Å². The Balaban J connectivity index is 0.853. The Morgan fingerprint density at radius 3 is 1.43 bits per heavy atom. The Kier molecular flexibility index (Phi) is 23.0. The number of benzene rings is 2. The third-order valence-electron chi connectivity index (χ3n) is 15.1. The molecule has 7 rings (SSSR count). The minimum atomic E-state index is -0.489. The Labute approximate surface area is 464 Å². The molecular weight excluding hydrogens is 1040 g/mol. The van der Waals surface area contributed by atoms with Crippen LogP contribution in [0.1, 0.15) is 134 Å².